The zero-order valence-corrected chi connectivity index (χ0v) is 30.4. The second-order valence-corrected chi connectivity index (χ2v) is 13.2. The van der Waals surface area contributed by atoms with Crippen LogP contribution in [0, 0.1) is 11.8 Å². The topological polar surface area (TPSA) is 12.5 Å². The first-order valence-corrected chi connectivity index (χ1v) is 19.4. The number of unbranched alkanes of at least 4 members (excludes halogenated alkanes) is 18. The second kappa shape index (κ2) is 37.9. The molecule has 0 aromatic heterocycles. The van der Waals surface area contributed by atoms with Gasteiger partial charge in [0.05, 0.1) is 6.10 Å². The maximum Gasteiger partial charge on any atom is 0.0575 e. The molecule has 0 aliphatic rings. The Morgan fingerprint density at radius 1 is 0.523 bits per heavy atom. The fourth-order valence-electron chi connectivity index (χ4n) is 5.53. The van der Waals surface area contributed by atoms with Gasteiger partial charge in [0.25, 0.3) is 0 Å². The van der Waals surface area contributed by atoms with Crippen LogP contribution in [-0.4, -0.2) is 38.3 Å². The number of rotatable bonds is 33. The van der Waals surface area contributed by atoms with Gasteiger partial charge in [0.2, 0.25) is 0 Å². The van der Waals surface area contributed by atoms with Crippen molar-refractivity contribution < 1.29 is 4.74 Å². The fraction of sp³-hybridized carbons (Fsp3) is 0.810. The lowest BCUT2D eigenvalue weighted by Gasteiger charge is -2.19. The van der Waals surface area contributed by atoms with Gasteiger partial charge in [0, 0.05) is 19.4 Å². The molecule has 0 fully saturated rings. The third-order valence-corrected chi connectivity index (χ3v) is 8.39. The zero-order valence-electron chi connectivity index (χ0n) is 30.4. The third kappa shape index (κ3) is 36.9. The van der Waals surface area contributed by atoms with Gasteiger partial charge in [-0.3, -0.25) is 0 Å². The number of nitrogens with zero attached hydrogens (tertiary/aromatic N) is 1. The number of hydrogen-bond donors (Lipinski definition) is 0. The van der Waals surface area contributed by atoms with Crippen LogP contribution >= 0.6 is 0 Å². The molecule has 0 aromatic carbocycles. The van der Waals surface area contributed by atoms with Crippen molar-refractivity contribution >= 4 is 0 Å². The van der Waals surface area contributed by atoms with E-state index >= 15 is 0 Å². The second-order valence-electron chi connectivity index (χ2n) is 13.2. The highest BCUT2D eigenvalue weighted by Crippen LogP contribution is 2.17. The van der Waals surface area contributed by atoms with E-state index in [2.05, 4.69) is 81.1 Å². The van der Waals surface area contributed by atoms with Crippen LogP contribution in [0.15, 0.2) is 36.5 Å². The molecule has 44 heavy (non-hydrogen) atoms. The normalized spacial score (nSPS) is 12.7. The summed E-state index contributed by atoms with van der Waals surface area (Å²) in [6, 6.07) is 0. The van der Waals surface area contributed by atoms with Crippen LogP contribution in [0.4, 0.5) is 0 Å². The minimum Gasteiger partial charge on any atom is -0.378 e. The summed E-state index contributed by atoms with van der Waals surface area (Å²) in [5.41, 5.74) is 0. The maximum atomic E-state index is 6.38. The molecule has 1 unspecified atom stereocenters. The van der Waals surface area contributed by atoms with Crippen LogP contribution in [-0.2, 0) is 4.74 Å². The minimum absolute atomic E-state index is 0.471. The van der Waals surface area contributed by atoms with Crippen molar-refractivity contribution in [2.24, 2.45) is 0 Å². The SMILES string of the molecule is CCCCCC=CCC#CCCCCCCCCC(CCCCCCCCC=CCC=CCCCCC)OCCCN(C)C. The van der Waals surface area contributed by atoms with Crippen molar-refractivity contribution in [2.45, 2.75) is 193 Å². The monoisotopic (exact) mass is 612 g/mol. The molecule has 0 saturated carbocycles. The number of ether oxygens (including phenoxy) is 1. The van der Waals surface area contributed by atoms with E-state index in [4.69, 9.17) is 4.74 Å². The predicted octanol–water partition coefficient (Wildman–Crippen LogP) is 13.2. The van der Waals surface area contributed by atoms with Crippen LogP contribution in [0.5, 0.6) is 0 Å². The predicted molar refractivity (Wildman–Crippen MR) is 199 cm³/mol. The van der Waals surface area contributed by atoms with Gasteiger partial charge in [-0.15, -0.1) is 5.92 Å². The highest BCUT2D eigenvalue weighted by atomic mass is 16.5. The molecule has 0 aliphatic carbocycles. The first kappa shape index (κ1) is 42.7. The average Bonchev–Trinajstić information content (AvgIpc) is 3.02. The van der Waals surface area contributed by atoms with E-state index < -0.39 is 0 Å². The fourth-order valence-corrected chi connectivity index (χ4v) is 5.53. The molecule has 0 N–H and O–H groups in total. The van der Waals surface area contributed by atoms with Crippen molar-refractivity contribution in [2.75, 3.05) is 27.2 Å². The Morgan fingerprint density at radius 2 is 1.02 bits per heavy atom. The first-order chi connectivity index (χ1) is 21.7. The van der Waals surface area contributed by atoms with Gasteiger partial charge in [-0.05, 0) is 91.3 Å². The molecule has 0 amide bonds. The van der Waals surface area contributed by atoms with Gasteiger partial charge < -0.3 is 9.64 Å². The van der Waals surface area contributed by atoms with E-state index in [1.165, 1.54) is 148 Å². The smallest absolute Gasteiger partial charge is 0.0575 e. The number of allylic oxidation sites excluding steroid dienone is 6. The van der Waals surface area contributed by atoms with Gasteiger partial charge in [-0.25, -0.2) is 0 Å². The summed E-state index contributed by atoms with van der Waals surface area (Å²) in [6.45, 7) is 6.57. The summed E-state index contributed by atoms with van der Waals surface area (Å²) in [5, 5.41) is 0. The lowest BCUT2D eigenvalue weighted by atomic mass is 10.0. The molecule has 0 saturated heterocycles. The Bertz CT molecular complexity index is 694. The lowest BCUT2D eigenvalue weighted by molar-refractivity contribution is 0.0342. The van der Waals surface area contributed by atoms with Crippen LogP contribution in [0.25, 0.3) is 0 Å². The first-order valence-electron chi connectivity index (χ1n) is 19.4. The molecule has 0 bridgehead atoms. The van der Waals surface area contributed by atoms with Crippen molar-refractivity contribution in [1.82, 2.24) is 4.90 Å². The molecule has 1 atom stereocenters. The van der Waals surface area contributed by atoms with E-state index in [1.54, 1.807) is 0 Å². The average molecular weight is 612 g/mol. The highest BCUT2D eigenvalue weighted by molar-refractivity contribution is 5.04. The molecule has 0 aliphatic heterocycles. The van der Waals surface area contributed by atoms with Crippen LogP contribution < -0.4 is 0 Å². The summed E-state index contributed by atoms with van der Waals surface area (Å²) >= 11 is 0. The Morgan fingerprint density at radius 3 is 1.59 bits per heavy atom. The van der Waals surface area contributed by atoms with Crippen molar-refractivity contribution in [1.29, 1.82) is 0 Å². The molecule has 256 valence electrons. The molecule has 0 rings (SSSR count). The highest BCUT2D eigenvalue weighted by Gasteiger charge is 2.09. The van der Waals surface area contributed by atoms with Crippen LogP contribution in [0.2, 0.25) is 0 Å². The molecule has 0 aromatic rings. The summed E-state index contributed by atoms with van der Waals surface area (Å²) in [4.78, 5) is 2.26. The molecule has 2 heteroatoms. The van der Waals surface area contributed by atoms with Crippen molar-refractivity contribution in [3.05, 3.63) is 36.5 Å². The summed E-state index contributed by atoms with van der Waals surface area (Å²) in [5.74, 6) is 6.68. The lowest BCUT2D eigenvalue weighted by Crippen LogP contribution is -2.18. The Hall–Kier alpha value is -1.30. The van der Waals surface area contributed by atoms with Gasteiger partial charge >= 0.3 is 0 Å². The molecular weight excluding hydrogens is 534 g/mol. The quantitative estimate of drug-likeness (QED) is 0.0416. The van der Waals surface area contributed by atoms with Crippen LogP contribution in [0.1, 0.15) is 187 Å². The van der Waals surface area contributed by atoms with Gasteiger partial charge in [-0.2, -0.15) is 0 Å². The molecule has 0 spiro atoms. The van der Waals surface area contributed by atoms with E-state index in [0.29, 0.717) is 6.10 Å². The summed E-state index contributed by atoms with van der Waals surface area (Å²) < 4.78 is 6.38. The summed E-state index contributed by atoms with van der Waals surface area (Å²) in [6.07, 6.45) is 49.1. The largest absolute Gasteiger partial charge is 0.378 e. The van der Waals surface area contributed by atoms with Gasteiger partial charge in [0.15, 0.2) is 0 Å². The van der Waals surface area contributed by atoms with Crippen molar-refractivity contribution in [3.63, 3.8) is 0 Å². The van der Waals surface area contributed by atoms with E-state index in [9.17, 15) is 0 Å². The molecular formula is C42H77NO. The van der Waals surface area contributed by atoms with E-state index in [1.807, 2.05) is 0 Å². The molecule has 0 radical (unpaired) electrons. The Balaban J connectivity index is 3.85. The minimum atomic E-state index is 0.471. The molecule has 0 heterocycles. The Kier molecular flexibility index (Phi) is 36.8. The molecule has 2 nitrogen and oxygen atoms in total. The third-order valence-electron chi connectivity index (χ3n) is 8.39. The summed E-state index contributed by atoms with van der Waals surface area (Å²) in [7, 11) is 4.31. The number of hydrogen-bond acceptors (Lipinski definition) is 2. The van der Waals surface area contributed by atoms with Gasteiger partial charge in [0.1, 0.15) is 0 Å². The zero-order chi connectivity index (χ0) is 32.0. The van der Waals surface area contributed by atoms with E-state index in [-0.39, 0.29) is 0 Å². The van der Waals surface area contributed by atoms with Crippen LogP contribution in [0.3, 0.4) is 0 Å². The van der Waals surface area contributed by atoms with Gasteiger partial charge in [-0.1, -0.05) is 146 Å². The Labute approximate surface area is 278 Å². The van der Waals surface area contributed by atoms with E-state index in [0.717, 1.165) is 38.8 Å². The standard InChI is InChI=1S/C42H77NO/c1-5-7-9-11-13-15-17-19-21-23-25-27-29-31-33-35-38-42(44-41-37-40-43(3)4)39-36-34-32-30-28-26-24-22-20-18-16-14-12-10-8-6-2/h13-16,19,21,42H,5-12,17-18,23-41H2,1-4H3. The maximum absolute atomic E-state index is 6.38. The van der Waals surface area contributed by atoms with Crippen molar-refractivity contribution in [3.8, 4) is 11.8 Å².